The van der Waals surface area contributed by atoms with Crippen molar-refractivity contribution in [2.24, 2.45) is 0 Å². The molecular weight excluding hydrogens is 593 g/mol. The molecule has 224 valence electrons. The van der Waals surface area contributed by atoms with Crippen molar-refractivity contribution >= 4 is 39.8 Å². The second-order valence-electron chi connectivity index (χ2n) is 9.83. The summed E-state index contributed by atoms with van der Waals surface area (Å²) in [6, 6.07) is 14.0. The van der Waals surface area contributed by atoms with Crippen LogP contribution in [0.25, 0.3) is 10.9 Å². The molecule has 2 amide bonds. The first kappa shape index (κ1) is 30.2. The Morgan fingerprint density at radius 3 is 2.14 bits per heavy atom. The van der Waals surface area contributed by atoms with E-state index >= 15 is 0 Å². The number of halogens is 5. The summed E-state index contributed by atoms with van der Waals surface area (Å²) in [7, 11) is 0. The van der Waals surface area contributed by atoms with Crippen LogP contribution in [0, 0.1) is 0 Å². The maximum atomic E-state index is 14.7. The number of anilines is 1. The third-order valence-corrected chi connectivity index (χ3v) is 8.04. The third-order valence-electron chi connectivity index (χ3n) is 6.91. The second kappa shape index (κ2) is 11.8. The van der Waals surface area contributed by atoms with Gasteiger partial charge in [0.05, 0.1) is 11.3 Å². The number of rotatable bonds is 6. The van der Waals surface area contributed by atoms with Crippen LogP contribution in [0.15, 0.2) is 78.0 Å². The molecule has 0 saturated carbocycles. The molecule has 1 aliphatic rings. The normalized spacial score (nSPS) is 15.0. The van der Waals surface area contributed by atoms with Crippen molar-refractivity contribution in [3.8, 4) is 0 Å². The van der Waals surface area contributed by atoms with Gasteiger partial charge in [-0.1, -0.05) is 18.2 Å². The van der Waals surface area contributed by atoms with Gasteiger partial charge in [0.2, 0.25) is 4.90 Å². The number of para-hydroxylation sites is 1. The van der Waals surface area contributed by atoms with Crippen LogP contribution < -0.4 is 4.72 Å². The molecule has 1 atom stereocenters. The summed E-state index contributed by atoms with van der Waals surface area (Å²) in [6.07, 6.45) is -2.14. The van der Waals surface area contributed by atoms with Crippen LogP contribution in [-0.4, -0.2) is 62.3 Å². The average Bonchev–Trinajstić information content (AvgIpc) is 2.99. The predicted octanol–water partition coefficient (Wildman–Crippen LogP) is 5.49. The maximum Gasteiger partial charge on any atom is 0.418 e. The Labute approximate surface area is 245 Å². The van der Waals surface area contributed by atoms with E-state index in [1.807, 2.05) is 0 Å². The van der Waals surface area contributed by atoms with Gasteiger partial charge in [-0.3, -0.25) is 19.6 Å². The van der Waals surface area contributed by atoms with Crippen molar-refractivity contribution in [2.45, 2.75) is 23.9 Å². The molecule has 2 aromatic carbocycles. The summed E-state index contributed by atoms with van der Waals surface area (Å²) in [4.78, 5) is 36.7. The van der Waals surface area contributed by atoms with Gasteiger partial charge in [0, 0.05) is 62.0 Å². The largest absolute Gasteiger partial charge is 0.588 e. The molecular formula is C29H24F5N5O3S. The van der Waals surface area contributed by atoms with E-state index in [9.17, 15) is 36.1 Å². The summed E-state index contributed by atoms with van der Waals surface area (Å²) in [5.41, 5.74) is -2.20. The van der Waals surface area contributed by atoms with E-state index in [1.54, 1.807) is 30.3 Å². The van der Waals surface area contributed by atoms with Crippen LogP contribution >= 0.6 is 0 Å². The van der Waals surface area contributed by atoms with Crippen LogP contribution in [0.4, 0.5) is 27.6 Å². The molecule has 3 heterocycles. The van der Waals surface area contributed by atoms with Gasteiger partial charge >= 0.3 is 6.18 Å². The molecule has 0 radical (unpaired) electrons. The van der Waals surface area contributed by atoms with Crippen LogP contribution in [0.2, 0.25) is 0 Å². The number of pyridine rings is 2. The number of fused-ring (bicyclic) bond motifs is 1. The molecule has 1 N–H and O–H groups in total. The first-order valence-electron chi connectivity index (χ1n) is 13.0. The lowest BCUT2D eigenvalue weighted by molar-refractivity contribution is -0.138. The fourth-order valence-corrected chi connectivity index (χ4v) is 5.80. The molecule has 0 bridgehead atoms. The number of aromatic nitrogens is 2. The van der Waals surface area contributed by atoms with Gasteiger partial charge < -0.3 is 14.4 Å². The van der Waals surface area contributed by atoms with E-state index in [0.29, 0.717) is 17.3 Å². The van der Waals surface area contributed by atoms with Gasteiger partial charge in [-0.15, -0.1) is 0 Å². The summed E-state index contributed by atoms with van der Waals surface area (Å²) in [5, 5.41) is 0.722. The van der Waals surface area contributed by atoms with Gasteiger partial charge in [-0.2, -0.15) is 13.2 Å². The first-order valence-corrected chi connectivity index (χ1v) is 14.1. The number of nitrogens with one attached hydrogen (secondary N) is 1. The summed E-state index contributed by atoms with van der Waals surface area (Å²) >= 11 is -1.96. The number of benzene rings is 2. The van der Waals surface area contributed by atoms with E-state index in [1.165, 1.54) is 23.2 Å². The van der Waals surface area contributed by atoms with Gasteiger partial charge in [0.1, 0.15) is 22.6 Å². The molecule has 1 aliphatic heterocycles. The number of piperazine rings is 1. The van der Waals surface area contributed by atoms with E-state index in [0.717, 1.165) is 34.7 Å². The van der Waals surface area contributed by atoms with Gasteiger partial charge in [-0.25, -0.2) is 13.5 Å². The lowest BCUT2D eigenvalue weighted by Crippen LogP contribution is -2.51. The molecule has 1 fully saturated rings. The van der Waals surface area contributed by atoms with Crippen LogP contribution in [0.1, 0.15) is 38.9 Å². The number of carbonyl (C=O) groups is 2. The summed E-state index contributed by atoms with van der Waals surface area (Å²) < 4.78 is 85.3. The lowest BCUT2D eigenvalue weighted by atomic mass is 10.0. The van der Waals surface area contributed by atoms with Crippen molar-refractivity contribution in [3.63, 3.8) is 0 Å². The summed E-state index contributed by atoms with van der Waals surface area (Å²) in [5.74, 6) is -4.93. The smallest absolute Gasteiger partial charge is 0.418 e. The number of amides is 2. The Morgan fingerprint density at radius 2 is 1.47 bits per heavy atom. The highest BCUT2D eigenvalue weighted by molar-refractivity contribution is 7.93. The number of hydrogen-bond donors (Lipinski definition) is 1. The average molecular weight is 618 g/mol. The van der Waals surface area contributed by atoms with Crippen molar-refractivity contribution in [2.75, 3.05) is 30.9 Å². The van der Waals surface area contributed by atoms with Crippen LogP contribution in [-0.2, 0) is 23.5 Å². The van der Waals surface area contributed by atoms with Crippen molar-refractivity contribution in [3.05, 3.63) is 95.4 Å². The van der Waals surface area contributed by atoms with Gasteiger partial charge in [0.15, 0.2) is 0 Å². The third kappa shape index (κ3) is 6.39. The summed E-state index contributed by atoms with van der Waals surface area (Å²) in [6.45, 7) is 0.435. The van der Waals surface area contributed by atoms with E-state index in [2.05, 4.69) is 14.7 Å². The van der Waals surface area contributed by atoms with E-state index < -0.39 is 52.1 Å². The zero-order valence-corrected chi connectivity index (χ0v) is 23.4. The molecule has 0 aliphatic carbocycles. The SMILES string of the molecule is CC(F)(F)c1cc(C(=O)N2CCN(C(=O)c3ncccc3C(F)(F)F)CC2)ccc1N[S+]([O-])c1cccc2cccnc12. The molecule has 1 unspecified atom stereocenters. The minimum Gasteiger partial charge on any atom is -0.588 e. The highest BCUT2D eigenvalue weighted by atomic mass is 32.2. The molecule has 8 nitrogen and oxygen atoms in total. The molecule has 5 rings (SSSR count). The maximum absolute atomic E-state index is 14.7. The zero-order valence-electron chi connectivity index (χ0n) is 22.6. The monoisotopic (exact) mass is 617 g/mol. The van der Waals surface area contributed by atoms with Crippen molar-refractivity contribution < 1.29 is 36.1 Å². The predicted molar refractivity (Wildman–Crippen MR) is 149 cm³/mol. The number of hydrogen-bond acceptors (Lipinski definition) is 6. The highest BCUT2D eigenvalue weighted by Crippen LogP contribution is 2.36. The molecule has 43 heavy (non-hydrogen) atoms. The van der Waals surface area contributed by atoms with Crippen LogP contribution in [0.3, 0.4) is 0 Å². The standard InChI is InChI=1S/C29H24F5N5O3S/c1-28(30,31)21-17-19(9-10-22(21)37-43(42)23-8-2-5-18-6-3-11-35-24(18)23)26(40)38-13-15-39(16-14-38)27(41)25-20(29(32,33)34)7-4-12-36-25/h2-12,17,37H,13-16H2,1H3. The number of alkyl halides is 5. The fourth-order valence-electron chi connectivity index (χ4n) is 4.76. The highest BCUT2D eigenvalue weighted by Gasteiger charge is 2.38. The lowest BCUT2D eigenvalue weighted by Gasteiger charge is -2.35. The Bertz CT molecular complexity index is 1670. The van der Waals surface area contributed by atoms with E-state index in [4.69, 9.17) is 0 Å². The second-order valence-corrected chi connectivity index (χ2v) is 11.0. The topological polar surface area (TPSA) is 101 Å². The van der Waals surface area contributed by atoms with Gasteiger partial charge in [-0.05, 0) is 42.5 Å². The Hall–Kier alpha value is -4.30. The number of nitrogens with zero attached hydrogens (tertiary/aromatic N) is 4. The fraction of sp³-hybridized carbons (Fsp3) is 0.241. The van der Waals surface area contributed by atoms with Gasteiger partial charge in [0.25, 0.3) is 17.7 Å². The Kier molecular flexibility index (Phi) is 8.25. The molecule has 14 heteroatoms. The molecule has 1 saturated heterocycles. The Morgan fingerprint density at radius 1 is 0.837 bits per heavy atom. The quantitative estimate of drug-likeness (QED) is 0.227. The number of carbonyl (C=O) groups excluding carboxylic acids is 2. The molecule has 4 aromatic rings. The molecule has 0 spiro atoms. The Balaban J connectivity index is 1.31. The minimum absolute atomic E-state index is 0.0330. The van der Waals surface area contributed by atoms with Crippen molar-refractivity contribution in [1.82, 2.24) is 19.8 Å². The van der Waals surface area contributed by atoms with E-state index in [-0.39, 0.29) is 37.4 Å². The first-order chi connectivity index (χ1) is 20.3. The molecule has 2 aromatic heterocycles. The minimum atomic E-state index is -4.77. The van der Waals surface area contributed by atoms with Crippen LogP contribution in [0.5, 0.6) is 0 Å². The van der Waals surface area contributed by atoms with Crippen molar-refractivity contribution in [1.29, 1.82) is 0 Å². The zero-order chi connectivity index (χ0) is 30.9.